The van der Waals surface area contributed by atoms with Gasteiger partial charge in [0, 0.05) is 29.1 Å². The topological polar surface area (TPSA) is 106 Å². The Hall–Kier alpha value is -3.33. The van der Waals surface area contributed by atoms with E-state index in [1.54, 1.807) is 29.4 Å². The van der Waals surface area contributed by atoms with Gasteiger partial charge in [-0.1, -0.05) is 0 Å². The molecule has 0 aliphatic heterocycles. The lowest BCUT2D eigenvalue weighted by molar-refractivity contribution is 0.0954. The van der Waals surface area contributed by atoms with E-state index in [-0.39, 0.29) is 11.5 Å². The van der Waals surface area contributed by atoms with Crippen molar-refractivity contribution in [2.45, 2.75) is 20.3 Å². The maximum absolute atomic E-state index is 12.3. The van der Waals surface area contributed by atoms with Gasteiger partial charge in [0.2, 0.25) is 0 Å². The van der Waals surface area contributed by atoms with E-state index >= 15 is 0 Å². The summed E-state index contributed by atoms with van der Waals surface area (Å²) in [5.74, 6) is 0.392. The molecular weight excluding hydrogens is 376 g/mol. The predicted molar refractivity (Wildman–Crippen MR) is 107 cm³/mol. The van der Waals surface area contributed by atoms with Crippen LogP contribution in [0.15, 0.2) is 41.7 Å². The van der Waals surface area contributed by atoms with Crippen molar-refractivity contribution < 1.29 is 4.79 Å². The summed E-state index contributed by atoms with van der Waals surface area (Å²) in [5, 5.41) is 11.0. The van der Waals surface area contributed by atoms with Gasteiger partial charge in [0.05, 0.1) is 5.39 Å². The monoisotopic (exact) mass is 394 g/mol. The lowest BCUT2D eigenvalue weighted by atomic mass is 10.2. The van der Waals surface area contributed by atoms with Gasteiger partial charge in [-0.05, 0) is 43.7 Å². The average Bonchev–Trinajstić information content (AvgIpc) is 3.31. The number of carbonyl (C=O) groups is 1. The van der Waals surface area contributed by atoms with Crippen LogP contribution in [0.3, 0.4) is 0 Å². The number of hydrogen-bond donors (Lipinski definition) is 2. The fourth-order valence-corrected chi connectivity index (χ4v) is 3.98. The molecule has 1 aromatic carbocycles. The van der Waals surface area contributed by atoms with Crippen LogP contribution in [0.25, 0.3) is 15.9 Å². The number of aryl methyl sites for hydroxylation is 2. The Morgan fingerprint density at radius 1 is 1.18 bits per heavy atom. The highest BCUT2D eigenvalue weighted by atomic mass is 32.1. The number of thiophene rings is 1. The number of aromatic amines is 1. The first-order valence-electron chi connectivity index (χ1n) is 8.75. The van der Waals surface area contributed by atoms with Crippen molar-refractivity contribution >= 4 is 27.5 Å². The fourth-order valence-electron chi connectivity index (χ4n) is 2.93. The van der Waals surface area contributed by atoms with E-state index in [2.05, 4.69) is 25.5 Å². The highest BCUT2D eigenvalue weighted by Gasteiger charge is 2.12. The molecule has 9 heteroatoms. The van der Waals surface area contributed by atoms with Gasteiger partial charge < -0.3 is 10.3 Å². The lowest BCUT2D eigenvalue weighted by Gasteiger charge is -2.06. The summed E-state index contributed by atoms with van der Waals surface area (Å²) >= 11 is 1.51. The van der Waals surface area contributed by atoms with Crippen LogP contribution < -0.4 is 10.9 Å². The van der Waals surface area contributed by atoms with Gasteiger partial charge in [0.25, 0.3) is 11.5 Å². The number of H-pyrrole nitrogens is 1. The number of amides is 1. The van der Waals surface area contributed by atoms with Crippen LogP contribution >= 0.6 is 11.3 Å². The third kappa shape index (κ3) is 3.44. The molecule has 2 N–H and O–H groups in total. The van der Waals surface area contributed by atoms with E-state index in [0.29, 0.717) is 29.7 Å². The van der Waals surface area contributed by atoms with E-state index in [4.69, 9.17) is 0 Å². The Kier molecular flexibility index (Phi) is 4.74. The Bertz CT molecular complexity index is 1190. The minimum absolute atomic E-state index is 0.127. The molecule has 1 amide bonds. The van der Waals surface area contributed by atoms with Gasteiger partial charge in [-0.15, -0.1) is 21.5 Å². The molecule has 0 radical (unpaired) electrons. The second-order valence-electron chi connectivity index (χ2n) is 6.40. The Balaban J connectivity index is 1.40. The van der Waals surface area contributed by atoms with Gasteiger partial charge in [-0.25, -0.2) is 4.98 Å². The minimum Gasteiger partial charge on any atom is -0.352 e. The van der Waals surface area contributed by atoms with Crippen molar-refractivity contribution in [3.63, 3.8) is 0 Å². The van der Waals surface area contributed by atoms with Crippen LogP contribution in [0.1, 0.15) is 26.6 Å². The zero-order chi connectivity index (χ0) is 19.7. The van der Waals surface area contributed by atoms with Crippen molar-refractivity contribution in [1.82, 2.24) is 30.0 Å². The van der Waals surface area contributed by atoms with Gasteiger partial charge in [0.1, 0.15) is 23.3 Å². The van der Waals surface area contributed by atoms with Crippen molar-refractivity contribution in [2.24, 2.45) is 0 Å². The van der Waals surface area contributed by atoms with Gasteiger partial charge in [-0.3, -0.25) is 14.2 Å². The van der Waals surface area contributed by atoms with E-state index < -0.39 is 0 Å². The van der Waals surface area contributed by atoms with Crippen molar-refractivity contribution in [3.8, 4) is 5.69 Å². The summed E-state index contributed by atoms with van der Waals surface area (Å²) in [5.41, 5.74) is 2.28. The first-order chi connectivity index (χ1) is 13.5. The number of benzene rings is 1. The highest BCUT2D eigenvalue weighted by Crippen LogP contribution is 2.25. The second-order valence-corrected chi connectivity index (χ2v) is 7.60. The van der Waals surface area contributed by atoms with E-state index in [0.717, 1.165) is 21.0 Å². The largest absolute Gasteiger partial charge is 0.352 e. The second kappa shape index (κ2) is 7.35. The molecule has 0 fully saturated rings. The molecule has 8 nitrogen and oxygen atoms in total. The summed E-state index contributed by atoms with van der Waals surface area (Å²) in [6.45, 7) is 4.29. The van der Waals surface area contributed by atoms with Crippen molar-refractivity contribution in [2.75, 3.05) is 6.54 Å². The quantitative estimate of drug-likeness (QED) is 0.540. The van der Waals surface area contributed by atoms with Crippen LogP contribution in [-0.2, 0) is 6.42 Å². The molecule has 0 saturated carbocycles. The van der Waals surface area contributed by atoms with Crippen LogP contribution in [0.2, 0.25) is 0 Å². The van der Waals surface area contributed by atoms with Crippen molar-refractivity contribution in [1.29, 1.82) is 0 Å². The molecule has 3 aromatic heterocycles. The third-order valence-electron chi connectivity index (χ3n) is 4.58. The molecule has 0 saturated heterocycles. The van der Waals surface area contributed by atoms with E-state index in [9.17, 15) is 9.59 Å². The normalized spacial score (nSPS) is 11.1. The molecule has 0 aliphatic rings. The summed E-state index contributed by atoms with van der Waals surface area (Å²) in [7, 11) is 0. The highest BCUT2D eigenvalue weighted by molar-refractivity contribution is 7.18. The molecule has 0 unspecified atom stereocenters. The van der Waals surface area contributed by atoms with Crippen LogP contribution in [-0.4, -0.2) is 37.2 Å². The fraction of sp³-hybridized carbons (Fsp3) is 0.211. The predicted octanol–water partition coefficient (Wildman–Crippen LogP) is 2.15. The van der Waals surface area contributed by atoms with Crippen LogP contribution in [0.5, 0.6) is 0 Å². The molecule has 4 aromatic rings. The third-order valence-corrected chi connectivity index (χ3v) is 5.68. The van der Waals surface area contributed by atoms with E-state index in [1.165, 1.54) is 11.3 Å². The Labute approximate surface area is 164 Å². The van der Waals surface area contributed by atoms with Crippen LogP contribution in [0, 0.1) is 13.8 Å². The molecule has 4 rings (SSSR count). The van der Waals surface area contributed by atoms with Gasteiger partial charge >= 0.3 is 0 Å². The Morgan fingerprint density at radius 3 is 2.61 bits per heavy atom. The molecule has 3 heterocycles. The number of fused-ring (bicyclic) bond motifs is 1. The van der Waals surface area contributed by atoms with Crippen LogP contribution in [0.4, 0.5) is 0 Å². The molecule has 0 atom stereocenters. The zero-order valence-corrected chi connectivity index (χ0v) is 16.2. The number of nitrogens with zero attached hydrogens (tertiary/aromatic N) is 4. The molecule has 142 valence electrons. The van der Waals surface area contributed by atoms with Gasteiger partial charge in [0.15, 0.2) is 0 Å². The summed E-state index contributed by atoms with van der Waals surface area (Å²) in [4.78, 5) is 33.8. The smallest absolute Gasteiger partial charge is 0.259 e. The molecule has 0 aliphatic carbocycles. The molecule has 28 heavy (non-hydrogen) atoms. The number of rotatable bonds is 5. The minimum atomic E-state index is -0.179. The standard InChI is InChI=1S/C19H18N6O2S/c1-11-12(2)28-19-16(11)18(27)23-15(24-19)7-8-20-17(26)13-3-5-14(6-4-13)25-9-21-22-10-25/h3-6,9-10H,7-8H2,1-2H3,(H,20,26)(H,23,24,27). The molecular formula is C19H18N6O2S. The summed E-state index contributed by atoms with van der Waals surface area (Å²) < 4.78 is 1.76. The van der Waals surface area contributed by atoms with Gasteiger partial charge in [-0.2, -0.15) is 0 Å². The SMILES string of the molecule is Cc1sc2nc(CCNC(=O)c3ccc(-n4cnnc4)cc3)[nH]c(=O)c2c1C. The molecule has 0 bridgehead atoms. The Morgan fingerprint density at radius 2 is 1.89 bits per heavy atom. The van der Waals surface area contributed by atoms with Crippen molar-refractivity contribution in [3.05, 3.63) is 69.1 Å². The van der Waals surface area contributed by atoms with E-state index in [1.807, 2.05) is 26.0 Å². The number of aromatic nitrogens is 5. The first kappa shape index (κ1) is 18.1. The molecule has 0 spiro atoms. The maximum atomic E-state index is 12.3. The maximum Gasteiger partial charge on any atom is 0.259 e. The number of nitrogens with one attached hydrogen (secondary N) is 2. The average molecular weight is 394 g/mol. The lowest BCUT2D eigenvalue weighted by Crippen LogP contribution is -2.26. The first-order valence-corrected chi connectivity index (χ1v) is 9.57. The summed E-state index contributed by atoms with van der Waals surface area (Å²) in [6, 6.07) is 7.14. The number of hydrogen-bond acceptors (Lipinski definition) is 6. The zero-order valence-electron chi connectivity index (χ0n) is 15.4. The summed E-state index contributed by atoms with van der Waals surface area (Å²) in [6.07, 6.45) is 3.64. The number of carbonyl (C=O) groups excluding carboxylic acids is 1.